The van der Waals surface area contributed by atoms with E-state index in [0.29, 0.717) is 0 Å². The minimum atomic E-state index is 1.14. The van der Waals surface area contributed by atoms with Gasteiger partial charge in [-0.15, -0.1) is 22.7 Å². The molecule has 0 bridgehead atoms. The SMILES string of the molecule is Cc1ccc2c(c1)sc1cc(N(c3ccc(-c4ccccc4)c(-c4ccccc4)c3)c3ccc4c(c3)sc3cc(C)ccc34)ccc12. The summed E-state index contributed by atoms with van der Waals surface area (Å²) in [6, 6.07) is 56.0. The van der Waals surface area contributed by atoms with Crippen molar-refractivity contribution in [2.24, 2.45) is 0 Å². The molecule has 0 aliphatic carbocycles. The van der Waals surface area contributed by atoms with Gasteiger partial charge in [0.2, 0.25) is 0 Å². The molecule has 0 saturated carbocycles. The van der Waals surface area contributed by atoms with E-state index in [1.54, 1.807) is 0 Å². The van der Waals surface area contributed by atoms with Crippen LogP contribution in [0.2, 0.25) is 0 Å². The molecule has 0 spiro atoms. The highest BCUT2D eigenvalue weighted by atomic mass is 32.1. The fraction of sp³-hybridized carbons (Fsp3) is 0.0455. The zero-order valence-electron chi connectivity index (χ0n) is 26.2. The van der Waals surface area contributed by atoms with Crippen LogP contribution in [0.4, 0.5) is 17.1 Å². The van der Waals surface area contributed by atoms with Crippen LogP contribution in [0.5, 0.6) is 0 Å². The Morgan fingerprint density at radius 1 is 0.362 bits per heavy atom. The molecule has 2 heterocycles. The molecule has 0 aliphatic rings. The molecule has 0 fully saturated rings. The Labute approximate surface area is 282 Å². The second-order valence-corrected chi connectivity index (χ2v) is 14.5. The van der Waals surface area contributed by atoms with Gasteiger partial charge < -0.3 is 4.90 Å². The zero-order valence-corrected chi connectivity index (χ0v) is 27.8. The fourth-order valence-electron chi connectivity index (χ4n) is 6.87. The number of thiophene rings is 2. The standard InChI is InChI=1S/C44H31NS2/c1-28-13-18-36-38-21-16-33(26-43(38)46-41(36)23-28)45(34-17-22-39-37-19-14-29(2)24-42(37)47-44(39)27-34)32-15-20-35(30-9-5-3-6-10-30)40(25-32)31-11-7-4-8-12-31/h3-27H,1-2H3. The minimum absolute atomic E-state index is 1.14. The van der Waals surface area contributed by atoms with E-state index in [-0.39, 0.29) is 0 Å². The van der Waals surface area contributed by atoms with E-state index < -0.39 is 0 Å². The Balaban J connectivity index is 1.28. The van der Waals surface area contributed by atoms with Crippen molar-refractivity contribution in [3.05, 3.63) is 163 Å². The van der Waals surface area contributed by atoms with Crippen molar-refractivity contribution in [2.75, 3.05) is 4.90 Å². The van der Waals surface area contributed by atoms with Crippen LogP contribution in [-0.4, -0.2) is 0 Å². The first-order valence-electron chi connectivity index (χ1n) is 16.0. The molecule has 224 valence electrons. The summed E-state index contributed by atoms with van der Waals surface area (Å²) < 4.78 is 5.28. The summed E-state index contributed by atoms with van der Waals surface area (Å²) in [5.74, 6) is 0. The van der Waals surface area contributed by atoms with Gasteiger partial charge in [0.1, 0.15) is 0 Å². The van der Waals surface area contributed by atoms with Crippen molar-refractivity contribution in [3.63, 3.8) is 0 Å². The monoisotopic (exact) mass is 637 g/mol. The maximum atomic E-state index is 2.44. The second kappa shape index (κ2) is 11.2. The van der Waals surface area contributed by atoms with Gasteiger partial charge in [0.15, 0.2) is 0 Å². The molecule has 0 aliphatic heterocycles. The lowest BCUT2D eigenvalue weighted by Crippen LogP contribution is -2.10. The van der Waals surface area contributed by atoms with E-state index in [1.807, 2.05) is 22.7 Å². The highest BCUT2D eigenvalue weighted by Gasteiger charge is 2.19. The van der Waals surface area contributed by atoms with Crippen molar-refractivity contribution in [2.45, 2.75) is 13.8 Å². The summed E-state index contributed by atoms with van der Waals surface area (Å²) in [5.41, 5.74) is 10.9. The Morgan fingerprint density at radius 2 is 0.766 bits per heavy atom. The number of fused-ring (bicyclic) bond motifs is 6. The van der Waals surface area contributed by atoms with Crippen LogP contribution in [0.3, 0.4) is 0 Å². The highest BCUT2D eigenvalue weighted by Crippen LogP contribution is 2.45. The highest BCUT2D eigenvalue weighted by molar-refractivity contribution is 7.26. The first kappa shape index (κ1) is 28.0. The normalized spacial score (nSPS) is 11.6. The number of hydrogen-bond donors (Lipinski definition) is 0. The van der Waals surface area contributed by atoms with Gasteiger partial charge in [-0.1, -0.05) is 103 Å². The summed E-state index contributed by atoms with van der Waals surface area (Å²) in [6.07, 6.45) is 0. The molecular formula is C44H31NS2. The first-order valence-corrected chi connectivity index (χ1v) is 17.6. The molecule has 7 aromatic carbocycles. The largest absolute Gasteiger partial charge is 0.310 e. The number of aryl methyl sites for hydroxylation is 2. The van der Waals surface area contributed by atoms with Crippen LogP contribution in [0.25, 0.3) is 62.6 Å². The van der Waals surface area contributed by atoms with Gasteiger partial charge in [0.05, 0.1) is 0 Å². The van der Waals surface area contributed by atoms with Gasteiger partial charge in [-0.25, -0.2) is 0 Å². The second-order valence-electron chi connectivity index (χ2n) is 12.4. The summed E-state index contributed by atoms with van der Waals surface area (Å²) in [4.78, 5) is 2.44. The molecule has 9 aromatic rings. The van der Waals surface area contributed by atoms with Crippen molar-refractivity contribution < 1.29 is 0 Å². The van der Waals surface area contributed by atoms with Gasteiger partial charge in [-0.3, -0.25) is 0 Å². The lowest BCUT2D eigenvalue weighted by Gasteiger charge is -2.27. The fourth-order valence-corrected chi connectivity index (χ4v) is 9.34. The van der Waals surface area contributed by atoms with Crippen molar-refractivity contribution in [3.8, 4) is 22.3 Å². The molecule has 0 amide bonds. The van der Waals surface area contributed by atoms with Crippen LogP contribution < -0.4 is 4.90 Å². The van der Waals surface area contributed by atoms with Gasteiger partial charge in [-0.05, 0) is 95.8 Å². The van der Waals surface area contributed by atoms with E-state index in [0.717, 1.165) is 17.1 Å². The van der Waals surface area contributed by atoms with Crippen molar-refractivity contribution in [1.82, 2.24) is 0 Å². The smallest absolute Gasteiger partial charge is 0.0476 e. The predicted molar refractivity (Wildman–Crippen MR) is 207 cm³/mol. The molecule has 0 N–H and O–H groups in total. The van der Waals surface area contributed by atoms with Gasteiger partial charge in [0, 0.05) is 57.4 Å². The third-order valence-electron chi connectivity index (χ3n) is 9.17. The average molecular weight is 638 g/mol. The third-order valence-corrected chi connectivity index (χ3v) is 11.4. The molecule has 0 saturated heterocycles. The number of benzene rings is 7. The van der Waals surface area contributed by atoms with Crippen LogP contribution in [0, 0.1) is 13.8 Å². The Kier molecular flexibility index (Phi) is 6.70. The number of hydrogen-bond acceptors (Lipinski definition) is 3. The maximum absolute atomic E-state index is 2.44. The Hall–Kier alpha value is -5.22. The number of rotatable bonds is 5. The maximum Gasteiger partial charge on any atom is 0.0476 e. The van der Waals surface area contributed by atoms with Crippen LogP contribution in [-0.2, 0) is 0 Å². The van der Waals surface area contributed by atoms with E-state index in [4.69, 9.17) is 0 Å². The van der Waals surface area contributed by atoms with Gasteiger partial charge >= 0.3 is 0 Å². The van der Waals surface area contributed by atoms with Crippen molar-refractivity contribution in [1.29, 1.82) is 0 Å². The molecular weight excluding hydrogens is 607 g/mol. The summed E-state index contributed by atoms with van der Waals surface area (Å²) in [5, 5.41) is 5.28. The molecule has 0 unspecified atom stereocenters. The number of nitrogens with zero attached hydrogens (tertiary/aromatic N) is 1. The molecule has 0 radical (unpaired) electrons. The minimum Gasteiger partial charge on any atom is -0.310 e. The van der Waals surface area contributed by atoms with Crippen LogP contribution >= 0.6 is 22.7 Å². The lowest BCUT2D eigenvalue weighted by atomic mass is 9.93. The summed E-state index contributed by atoms with van der Waals surface area (Å²) in [7, 11) is 0. The number of anilines is 3. The quantitative estimate of drug-likeness (QED) is 0.181. The zero-order chi connectivity index (χ0) is 31.5. The third kappa shape index (κ3) is 4.91. The summed E-state index contributed by atoms with van der Waals surface area (Å²) >= 11 is 3.76. The van der Waals surface area contributed by atoms with E-state index in [2.05, 4.69) is 170 Å². The predicted octanol–water partition coefficient (Wildman–Crippen LogP) is 13.8. The molecule has 1 nitrogen and oxygen atoms in total. The van der Waals surface area contributed by atoms with E-state index in [9.17, 15) is 0 Å². The lowest BCUT2D eigenvalue weighted by molar-refractivity contribution is 1.30. The Morgan fingerprint density at radius 3 is 1.28 bits per heavy atom. The molecule has 9 rings (SSSR count). The van der Waals surface area contributed by atoms with E-state index >= 15 is 0 Å². The molecule has 3 heteroatoms. The van der Waals surface area contributed by atoms with Crippen molar-refractivity contribution >= 4 is 80.1 Å². The molecule has 47 heavy (non-hydrogen) atoms. The molecule has 2 aromatic heterocycles. The average Bonchev–Trinajstić information content (AvgIpc) is 3.65. The topological polar surface area (TPSA) is 3.24 Å². The van der Waals surface area contributed by atoms with Crippen LogP contribution in [0.1, 0.15) is 11.1 Å². The summed E-state index contributed by atoms with van der Waals surface area (Å²) in [6.45, 7) is 4.34. The first-order chi connectivity index (χ1) is 23.1. The van der Waals surface area contributed by atoms with Gasteiger partial charge in [0.25, 0.3) is 0 Å². The van der Waals surface area contributed by atoms with Crippen LogP contribution in [0.15, 0.2) is 152 Å². The Bertz CT molecular complexity index is 2470. The van der Waals surface area contributed by atoms with Gasteiger partial charge in [-0.2, -0.15) is 0 Å². The van der Waals surface area contributed by atoms with E-state index in [1.165, 1.54) is 73.7 Å². The molecule has 0 atom stereocenters.